The molecule has 4 aliphatic carbocycles. The molecule has 324 valence electrons. The number of carbonyl (C=O) groups excluding carboxylic acids is 5. The lowest BCUT2D eigenvalue weighted by molar-refractivity contribution is -0.139. The van der Waals surface area contributed by atoms with Crippen LogP contribution < -0.4 is 9.47 Å². The average Bonchev–Trinajstić information content (AvgIpc) is 3.58. The van der Waals surface area contributed by atoms with Gasteiger partial charge in [-0.3, -0.25) is 24.0 Å². The number of hydrogen-bond donors (Lipinski definition) is 0. The molecule has 6 rings (SSSR count). The van der Waals surface area contributed by atoms with Crippen molar-refractivity contribution in [3.8, 4) is 11.5 Å². The van der Waals surface area contributed by atoms with Crippen molar-refractivity contribution in [3.63, 3.8) is 0 Å². The van der Waals surface area contributed by atoms with Crippen molar-refractivity contribution in [1.82, 2.24) is 0 Å². The molecule has 0 radical (unpaired) electrons. The molecule has 6 atom stereocenters. The van der Waals surface area contributed by atoms with E-state index < -0.39 is 34.7 Å². The van der Waals surface area contributed by atoms with Gasteiger partial charge in [-0.2, -0.15) is 0 Å². The van der Waals surface area contributed by atoms with Crippen molar-refractivity contribution < 1.29 is 33.4 Å². The molecular weight excluding hydrogens is 749 g/mol. The van der Waals surface area contributed by atoms with Gasteiger partial charge in [-0.15, -0.1) is 6.58 Å². The molecule has 3 fully saturated rings. The van der Waals surface area contributed by atoms with Crippen LogP contribution in [-0.2, 0) is 30.4 Å². The van der Waals surface area contributed by atoms with Gasteiger partial charge in [0.2, 0.25) is 0 Å². The van der Waals surface area contributed by atoms with E-state index in [0.29, 0.717) is 56.6 Å². The van der Waals surface area contributed by atoms with Crippen molar-refractivity contribution in [3.05, 3.63) is 65.8 Å². The molecular formula is C53H70O7. The molecule has 0 spiro atoms. The van der Waals surface area contributed by atoms with Crippen LogP contribution in [0.4, 0.5) is 0 Å². The van der Waals surface area contributed by atoms with Gasteiger partial charge in [0.15, 0.2) is 0 Å². The number of allylic oxidation sites excluding steroid dienone is 5. The molecule has 4 aliphatic rings. The zero-order valence-corrected chi connectivity index (χ0v) is 38.0. The van der Waals surface area contributed by atoms with Crippen LogP contribution in [0.3, 0.4) is 0 Å². The quantitative estimate of drug-likeness (QED) is 0.130. The van der Waals surface area contributed by atoms with Crippen LogP contribution >= 0.6 is 0 Å². The zero-order valence-electron chi connectivity index (χ0n) is 38.0. The minimum atomic E-state index is -0.759. The van der Waals surface area contributed by atoms with Gasteiger partial charge in [0.05, 0.1) is 7.11 Å². The van der Waals surface area contributed by atoms with Crippen molar-refractivity contribution >= 4 is 45.3 Å². The number of fused-ring (bicyclic) bond motifs is 1. The van der Waals surface area contributed by atoms with Gasteiger partial charge in [0.25, 0.3) is 0 Å². The number of methoxy groups -OCH3 is 1. The summed E-state index contributed by atoms with van der Waals surface area (Å²) in [5.74, 6) is 0.252. The van der Waals surface area contributed by atoms with Crippen LogP contribution in [0.15, 0.2) is 54.6 Å². The highest BCUT2D eigenvalue weighted by Gasteiger charge is 2.59. The lowest BCUT2D eigenvalue weighted by Crippen LogP contribution is -2.38. The summed E-state index contributed by atoms with van der Waals surface area (Å²) in [6.45, 7) is 19.9. The third-order valence-corrected chi connectivity index (χ3v) is 14.2. The summed E-state index contributed by atoms with van der Waals surface area (Å²) in [6, 6.07) is 8.24. The number of hydrogen-bond acceptors (Lipinski definition) is 7. The van der Waals surface area contributed by atoms with Crippen molar-refractivity contribution in [2.45, 2.75) is 151 Å². The topological polar surface area (TPSA) is 104 Å². The molecule has 0 amide bonds. The second-order valence-electron chi connectivity index (χ2n) is 21.0. The highest BCUT2D eigenvalue weighted by molar-refractivity contribution is 5.99. The second kappa shape index (κ2) is 18.1. The summed E-state index contributed by atoms with van der Waals surface area (Å²) in [6.07, 6.45) is 14.5. The minimum Gasteiger partial charge on any atom is -0.496 e. The van der Waals surface area contributed by atoms with Gasteiger partial charge in [0.1, 0.15) is 46.5 Å². The first-order valence-corrected chi connectivity index (χ1v) is 22.7. The number of rotatable bonds is 19. The Morgan fingerprint density at radius 1 is 0.933 bits per heavy atom. The fourth-order valence-electron chi connectivity index (χ4n) is 10.8. The van der Waals surface area contributed by atoms with E-state index >= 15 is 0 Å². The molecule has 2 aromatic carbocycles. The van der Waals surface area contributed by atoms with Crippen LogP contribution in [0, 0.1) is 45.8 Å². The number of ether oxygens (including phenoxy) is 2. The van der Waals surface area contributed by atoms with Gasteiger partial charge < -0.3 is 9.47 Å². The maximum atomic E-state index is 15.0. The van der Waals surface area contributed by atoms with E-state index in [1.165, 1.54) is 0 Å². The molecule has 7 heteroatoms. The minimum absolute atomic E-state index is 0.0121. The standard InChI is InChI=1S/C53H70O7/c1-11-37-29-53(37,32(3)54)31-47(57)44-27-40(28-45(44)50(58)46(52(7,8)9)26-38(55)22-33-15-13-14-16-33)60-49-25-36(24-43-41(12-2)48(59-10)20-19-42(43)49)35-18-17-34(21-35)23-39(56)30-51(4,5)6/h11,18-21,24-25,33,37,40,44-46H,1,12-17,22-23,26-31H2,2-10H3. The Bertz CT molecular complexity index is 2080. The monoisotopic (exact) mass is 819 g/mol. The lowest BCUT2D eigenvalue weighted by atomic mass is 9.69. The van der Waals surface area contributed by atoms with E-state index in [1.54, 1.807) is 20.1 Å². The van der Waals surface area contributed by atoms with Crippen LogP contribution in [0.1, 0.15) is 150 Å². The summed E-state index contributed by atoms with van der Waals surface area (Å²) in [4.78, 5) is 69.1. The van der Waals surface area contributed by atoms with Gasteiger partial charge in [0, 0.05) is 66.2 Å². The van der Waals surface area contributed by atoms with Crippen molar-refractivity contribution in [2.75, 3.05) is 7.11 Å². The Morgan fingerprint density at radius 2 is 1.63 bits per heavy atom. The largest absolute Gasteiger partial charge is 0.496 e. The van der Waals surface area contributed by atoms with E-state index in [0.717, 1.165) is 70.9 Å². The predicted octanol–water partition coefficient (Wildman–Crippen LogP) is 11.8. The molecule has 0 aliphatic heterocycles. The summed E-state index contributed by atoms with van der Waals surface area (Å²) in [5, 5.41) is 1.93. The molecule has 60 heavy (non-hydrogen) atoms. The summed E-state index contributed by atoms with van der Waals surface area (Å²) in [5.41, 5.74) is 2.84. The highest BCUT2D eigenvalue weighted by Crippen LogP contribution is 2.58. The number of ketones is 5. The second-order valence-corrected chi connectivity index (χ2v) is 21.0. The van der Waals surface area contributed by atoms with Gasteiger partial charge in [-0.1, -0.05) is 98.0 Å². The van der Waals surface area contributed by atoms with Crippen molar-refractivity contribution in [1.29, 1.82) is 0 Å². The molecule has 0 bridgehead atoms. The lowest BCUT2D eigenvalue weighted by Gasteiger charge is -2.33. The van der Waals surface area contributed by atoms with Gasteiger partial charge in [-0.05, 0) is 102 Å². The molecule has 6 unspecified atom stereocenters. The van der Waals surface area contributed by atoms with E-state index in [9.17, 15) is 24.0 Å². The molecule has 2 aromatic rings. The fraction of sp³-hybridized carbons (Fsp3) is 0.604. The summed E-state index contributed by atoms with van der Waals surface area (Å²) < 4.78 is 12.9. The smallest absolute Gasteiger partial charge is 0.140 e. The van der Waals surface area contributed by atoms with E-state index in [4.69, 9.17) is 9.47 Å². The maximum absolute atomic E-state index is 15.0. The normalized spacial score (nSPS) is 24.8. The van der Waals surface area contributed by atoms with Gasteiger partial charge in [-0.25, -0.2) is 0 Å². The molecule has 0 heterocycles. The van der Waals surface area contributed by atoms with Crippen LogP contribution in [0.5, 0.6) is 11.5 Å². The Balaban J connectivity index is 1.34. The SMILES string of the molecule is C=CC1CC1(CC(=O)C1CC(Oc2cc(C3=CCC(CC(=O)CC(C)(C)C)=C3)cc3c(CC)c(OC)ccc23)CC1C(=O)C(CC(=O)CC1CCCC1)C(C)(C)C)C(C)=O. The van der Waals surface area contributed by atoms with E-state index in [-0.39, 0.29) is 53.1 Å². The van der Waals surface area contributed by atoms with E-state index in [1.807, 2.05) is 32.9 Å². The number of carbonyl (C=O) groups is 5. The van der Waals surface area contributed by atoms with Gasteiger partial charge >= 0.3 is 0 Å². The first-order chi connectivity index (χ1) is 28.3. The average molecular weight is 819 g/mol. The molecule has 0 aromatic heterocycles. The molecule has 0 saturated heterocycles. The summed E-state index contributed by atoms with van der Waals surface area (Å²) >= 11 is 0. The molecule has 0 N–H and O–H groups in total. The Morgan fingerprint density at radius 3 is 2.23 bits per heavy atom. The Kier molecular flexibility index (Phi) is 13.7. The maximum Gasteiger partial charge on any atom is 0.140 e. The number of aryl methyl sites for hydroxylation is 1. The van der Waals surface area contributed by atoms with Crippen LogP contribution in [0.25, 0.3) is 16.3 Å². The third kappa shape index (κ3) is 10.1. The highest BCUT2D eigenvalue weighted by atomic mass is 16.5. The Labute approximate surface area is 359 Å². The van der Waals surface area contributed by atoms with E-state index in [2.05, 4.69) is 58.6 Å². The predicted molar refractivity (Wildman–Crippen MR) is 240 cm³/mol. The molecule has 7 nitrogen and oxygen atoms in total. The van der Waals surface area contributed by atoms with Crippen LogP contribution in [-0.4, -0.2) is 42.1 Å². The summed E-state index contributed by atoms with van der Waals surface area (Å²) in [7, 11) is 1.68. The Hall–Kier alpha value is -4.13. The first-order valence-electron chi connectivity index (χ1n) is 22.7. The van der Waals surface area contributed by atoms with Crippen molar-refractivity contribution in [2.24, 2.45) is 45.8 Å². The first kappa shape index (κ1) is 45.4. The third-order valence-electron chi connectivity index (χ3n) is 14.2. The number of benzene rings is 2. The fourth-order valence-corrected chi connectivity index (χ4v) is 10.8. The zero-order chi connectivity index (χ0) is 43.7. The number of Topliss-reactive ketones (excluding diaryl/α,β-unsaturated/α-hetero) is 5. The van der Waals surface area contributed by atoms with Crippen LogP contribution in [0.2, 0.25) is 0 Å². The molecule has 3 saturated carbocycles.